The van der Waals surface area contributed by atoms with E-state index in [4.69, 9.17) is 14.4 Å². The minimum absolute atomic E-state index is 0.121. The molecule has 0 spiro atoms. The van der Waals surface area contributed by atoms with Gasteiger partial charge in [0.05, 0.1) is 11.8 Å². The van der Waals surface area contributed by atoms with Crippen LogP contribution in [0.3, 0.4) is 0 Å². The maximum atomic E-state index is 12.3. The number of amides is 1. The number of ether oxygens (including phenoxy) is 1. The molecule has 1 N–H and O–H groups in total. The normalized spacial score (nSPS) is 10.5. The molecule has 1 amide bonds. The highest BCUT2D eigenvalue weighted by Gasteiger charge is 2.15. The second-order valence-electron chi connectivity index (χ2n) is 5.87. The van der Waals surface area contributed by atoms with E-state index in [0.29, 0.717) is 22.9 Å². The van der Waals surface area contributed by atoms with Crippen LogP contribution >= 0.6 is 0 Å². The fourth-order valence-corrected chi connectivity index (χ4v) is 2.41. The summed E-state index contributed by atoms with van der Waals surface area (Å²) < 4.78 is 12.9. The van der Waals surface area contributed by atoms with E-state index in [1.807, 2.05) is 13.8 Å². The molecule has 132 valence electrons. The molecule has 2 aromatic heterocycles. The first-order chi connectivity index (χ1) is 12.6. The van der Waals surface area contributed by atoms with Gasteiger partial charge in [0.1, 0.15) is 30.0 Å². The van der Waals surface area contributed by atoms with Gasteiger partial charge >= 0.3 is 0 Å². The molecular formula is C19H18N4O3. The fourth-order valence-electron chi connectivity index (χ4n) is 2.41. The van der Waals surface area contributed by atoms with Gasteiger partial charge in [-0.25, -0.2) is 4.68 Å². The van der Waals surface area contributed by atoms with Crippen molar-refractivity contribution in [3.05, 3.63) is 65.7 Å². The van der Waals surface area contributed by atoms with Crippen LogP contribution in [-0.2, 0) is 6.61 Å². The molecule has 26 heavy (non-hydrogen) atoms. The Labute approximate surface area is 150 Å². The number of nitrogens with zero attached hydrogens (tertiary/aromatic N) is 3. The van der Waals surface area contributed by atoms with Crippen LogP contribution in [0.25, 0.3) is 0 Å². The molecule has 7 heteroatoms. The van der Waals surface area contributed by atoms with E-state index in [-0.39, 0.29) is 24.3 Å². The Morgan fingerprint density at radius 3 is 2.88 bits per heavy atom. The Kier molecular flexibility index (Phi) is 5.04. The first-order valence-electron chi connectivity index (χ1n) is 8.14. The van der Waals surface area contributed by atoms with Crippen molar-refractivity contribution in [2.45, 2.75) is 26.5 Å². The lowest BCUT2D eigenvalue weighted by Gasteiger charge is -2.10. The zero-order valence-corrected chi connectivity index (χ0v) is 14.5. The second kappa shape index (κ2) is 7.57. The Morgan fingerprint density at radius 2 is 2.12 bits per heavy atom. The highest BCUT2D eigenvalue weighted by molar-refractivity contribution is 6.01. The first-order valence-corrected chi connectivity index (χ1v) is 8.14. The van der Waals surface area contributed by atoms with E-state index in [2.05, 4.69) is 16.5 Å². The van der Waals surface area contributed by atoms with Gasteiger partial charge in [-0.2, -0.15) is 10.4 Å². The quantitative estimate of drug-likeness (QED) is 0.730. The molecule has 0 saturated carbocycles. The second-order valence-corrected chi connectivity index (χ2v) is 5.87. The molecule has 0 unspecified atom stereocenters. The van der Waals surface area contributed by atoms with Crippen molar-refractivity contribution in [3.8, 4) is 11.8 Å². The first kappa shape index (κ1) is 17.3. The van der Waals surface area contributed by atoms with Crippen LogP contribution in [0.15, 0.2) is 53.1 Å². The van der Waals surface area contributed by atoms with Gasteiger partial charge in [0.15, 0.2) is 5.76 Å². The molecule has 0 aliphatic rings. The van der Waals surface area contributed by atoms with Gasteiger partial charge in [-0.1, -0.05) is 12.1 Å². The van der Waals surface area contributed by atoms with Crippen molar-refractivity contribution < 1.29 is 13.9 Å². The summed E-state index contributed by atoms with van der Waals surface area (Å²) in [6.45, 7) is 4.07. The van der Waals surface area contributed by atoms with E-state index < -0.39 is 0 Å². The number of para-hydroxylation sites is 1. The summed E-state index contributed by atoms with van der Waals surface area (Å²) >= 11 is 0. The number of aromatic nitrogens is 2. The number of carbonyl (C=O) groups excluding carboxylic acids is 1. The third-order valence-corrected chi connectivity index (χ3v) is 3.66. The number of benzene rings is 1. The molecule has 3 aromatic rings. The average Bonchev–Trinajstić information content (AvgIpc) is 3.29. The zero-order chi connectivity index (χ0) is 18.5. The number of rotatable bonds is 6. The number of furan rings is 1. The van der Waals surface area contributed by atoms with E-state index in [0.717, 1.165) is 0 Å². The molecule has 2 heterocycles. The fraction of sp³-hybridized carbons (Fsp3) is 0.211. The SMILES string of the molecule is CC(C)n1nccc1NC(=O)c1ccc(COc2ccccc2C#N)o1. The Hall–Kier alpha value is -3.53. The van der Waals surface area contributed by atoms with E-state index in [9.17, 15) is 4.79 Å². The third kappa shape index (κ3) is 3.75. The molecule has 0 aliphatic heterocycles. The van der Waals surface area contributed by atoms with Crippen LogP contribution in [0.4, 0.5) is 5.82 Å². The van der Waals surface area contributed by atoms with Crippen molar-refractivity contribution >= 4 is 11.7 Å². The maximum Gasteiger partial charge on any atom is 0.292 e. The summed E-state index contributed by atoms with van der Waals surface area (Å²) in [5.74, 6) is 1.37. The van der Waals surface area contributed by atoms with Gasteiger partial charge in [-0.15, -0.1) is 0 Å². The van der Waals surface area contributed by atoms with Crippen LogP contribution in [-0.4, -0.2) is 15.7 Å². The molecule has 0 bridgehead atoms. The summed E-state index contributed by atoms with van der Waals surface area (Å²) in [6, 6.07) is 14.1. The summed E-state index contributed by atoms with van der Waals surface area (Å²) in [5.41, 5.74) is 0.443. The lowest BCUT2D eigenvalue weighted by Crippen LogP contribution is -2.16. The molecule has 0 aliphatic carbocycles. The van der Waals surface area contributed by atoms with Gasteiger partial charge in [0, 0.05) is 12.1 Å². The minimum Gasteiger partial charge on any atom is -0.484 e. The van der Waals surface area contributed by atoms with E-state index in [1.54, 1.807) is 53.3 Å². The van der Waals surface area contributed by atoms with Gasteiger partial charge < -0.3 is 14.5 Å². The van der Waals surface area contributed by atoms with Crippen molar-refractivity contribution in [1.29, 1.82) is 5.26 Å². The summed E-state index contributed by atoms with van der Waals surface area (Å²) in [6.07, 6.45) is 1.63. The van der Waals surface area contributed by atoms with Crippen LogP contribution < -0.4 is 10.1 Å². The molecule has 0 radical (unpaired) electrons. The lowest BCUT2D eigenvalue weighted by atomic mass is 10.2. The van der Waals surface area contributed by atoms with Crippen LogP contribution in [0.1, 0.15) is 41.8 Å². The molecule has 0 saturated heterocycles. The van der Waals surface area contributed by atoms with Gasteiger partial charge in [0.25, 0.3) is 5.91 Å². The minimum atomic E-state index is -0.365. The monoisotopic (exact) mass is 350 g/mol. The van der Waals surface area contributed by atoms with E-state index >= 15 is 0 Å². The Morgan fingerprint density at radius 1 is 1.31 bits per heavy atom. The molecular weight excluding hydrogens is 332 g/mol. The van der Waals surface area contributed by atoms with Crippen molar-refractivity contribution in [2.75, 3.05) is 5.32 Å². The molecule has 7 nitrogen and oxygen atoms in total. The topological polar surface area (TPSA) is 93.1 Å². The number of nitrogens with one attached hydrogen (secondary N) is 1. The van der Waals surface area contributed by atoms with Crippen molar-refractivity contribution in [3.63, 3.8) is 0 Å². The van der Waals surface area contributed by atoms with Crippen molar-refractivity contribution in [1.82, 2.24) is 9.78 Å². The van der Waals surface area contributed by atoms with Gasteiger partial charge in [-0.3, -0.25) is 4.79 Å². The largest absolute Gasteiger partial charge is 0.484 e. The van der Waals surface area contributed by atoms with Crippen LogP contribution in [0, 0.1) is 11.3 Å². The summed E-state index contributed by atoms with van der Waals surface area (Å²) in [5, 5.41) is 16.0. The van der Waals surface area contributed by atoms with Gasteiger partial charge in [-0.05, 0) is 38.1 Å². The van der Waals surface area contributed by atoms with Gasteiger partial charge in [0.2, 0.25) is 0 Å². The predicted octanol–water partition coefficient (Wildman–Crippen LogP) is 3.76. The maximum absolute atomic E-state index is 12.3. The number of carbonyl (C=O) groups is 1. The lowest BCUT2D eigenvalue weighted by molar-refractivity contribution is 0.0991. The molecule has 0 fully saturated rings. The van der Waals surface area contributed by atoms with E-state index in [1.165, 1.54) is 0 Å². The highest BCUT2D eigenvalue weighted by Crippen LogP contribution is 2.20. The molecule has 1 aromatic carbocycles. The number of anilines is 1. The molecule has 3 rings (SSSR count). The molecule has 0 atom stereocenters. The average molecular weight is 350 g/mol. The number of hydrogen-bond acceptors (Lipinski definition) is 5. The third-order valence-electron chi connectivity index (χ3n) is 3.66. The summed E-state index contributed by atoms with van der Waals surface area (Å²) in [7, 11) is 0. The zero-order valence-electron chi connectivity index (χ0n) is 14.5. The van der Waals surface area contributed by atoms with Crippen LogP contribution in [0.2, 0.25) is 0 Å². The predicted molar refractivity (Wildman–Crippen MR) is 94.8 cm³/mol. The Balaban J connectivity index is 1.65. The number of hydrogen-bond donors (Lipinski definition) is 1. The van der Waals surface area contributed by atoms with Crippen molar-refractivity contribution in [2.24, 2.45) is 0 Å². The Bertz CT molecular complexity index is 950. The summed E-state index contributed by atoms with van der Waals surface area (Å²) in [4.78, 5) is 12.3. The van der Waals surface area contributed by atoms with Crippen LogP contribution in [0.5, 0.6) is 5.75 Å². The standard InChI is InChI=1S/C19H18N4O3/c1-13(2)23-18(9-10-21-23)22-19(24)17-8-7-15(26-17)12-25-16-6-4-3-5-14(16)11-20/h3-10,13H,12H2,1-2H3,(H,22,24). The smallest absolute Gasteiger partial charge is 0.292 e. The highest BCUT2D eigenvalue weighted by atomic mass is 16.5. The number of nitriles is 1.